The van der Waals surface area contributed by atoms with Gasteiger partial charge < -0.3 is 4.74 Å². The number of rotatable bonds is 4. The maximum atomic E-state index is 12.7. The predicted molar refractivity (Wildman–Crippen MR) is 82.9 cm³/mol. The number of hydrogen-bond donors (Lipinski definition) is 1. The molecule has 0 radical (unpaired) electrons. The topological polar surface area (TPSA) is 55.4 Å². The first-order chi connectivity index (χ1) is 10.6. The van der Waals surface area contributed by atoms with Crippen molar-refractivity contribution < 1.29 is 26.3 Å². The molecule has 0 aliphatic rings. The zero-order valence-electron chi connectivity index (χ0n) is 11.7. The number of ether oxygens (including phenoxy) is 1. The zero-order valence-corrected chi connectivity index (χ0v) is 14.1. The van der Waals surface area contributed by atoms with Crippen LogP contribution in [-0.2, 0) is 16.2 Å². The maximum Gasteiger partial charge on any atom is 0.416 e. The molecule has 0 spiro atoms. The number of nitrogens with one attached hydrogen (secondary N) is 1. The van der Waals surface area contributed by atoms with E-state index in [1.54, 1.807) is 0 Å². The number of halogens is 4. The van der Waals surface area contributed by atoms with Crippen molar-refractivity contribution >= 4 is 31.6 Å². The number of hydrogen-bond acceptors (Lipinski definition) is 3. The van der Waals surface area contributed by atoms with E-state index in [1.807, 2.05) is 0 Å². The van der Waals surface area contributed by atoms with Crippen molar-refractivity contribution in [1.82, 2.24) is 0 Å². The average molecular weight is 410 g/mol. The lowest BCUT2D eigenvalue weighted by atomic mass is 10.2. The summed E-state index contributed by atoms with van der Waals surface area (Å²) in [6.07, 6.45) is -4.57. The van der Waals surface area contributed by atoms with Crippen molar-refractivity contribution in [3.63, 3.8) is 0 Å². The third-order valence-corrected chi connectivity index (χ3v) is 4.98. The third-order valence-electron chi connectivity index (χ3n) is 2.91. The summed E-state index contributed by atoms with van der Waals surface area (Å²) >= 11 is 3.03. The molecule has 0 unspecified atom stereocenters. The smallest absolute Gasteiger partial charge is 0.416 e. The van der Waals surface area contributed by atoms with Crippen LogP contribution in [0, 0.1) is 0 Å². The van der Waals surface area contributed by atoms with E-state index in [0.29, 0.717) is 5.75 Å². The summed E-state index contributed by atoms with van der Waals surface area (Å²) in [6.45, 7) is 0. The molecule has 124 valence electrons. The second kappa shape index (κ2) is 6.40. The molecule has 0 bridgehead atoms. The lowest BCUT2D eigenvalue weighted by Crippen LogP contribution is -2.14. The van der Waals surface area contributed by atoms with Crippen molar-refractivity contribution in [2.45, 2.75) is 11.1 Å². The van der Waals surface area contributed by atoms with Gasteiger partial charge in [0.15, 0.2) is 0 Å². The Kier molecular flexibility index (Phi) is 4.90. The molecule has 0 saturated carbocycles. The Morgan fingerprint density at radius 3 is 2.22 bits per heavy atom. The fourth-order valence-electron chi connectivity index (χ4n) is 1.74. The van der Waals surface area contributed by atoms with Crippen LogP contribution in [0.2, 0.25) is 0 Å². The Bertz CT molecular complexity index is 805. The van der Waals surface area contributed by atoms with Crippen LogP contribution in [0.15, 0.2) is 51.8 Å². The third kappa shape index (κ3) is 4.17. The van der Waals surface area contributed by atoms with Crippen LogP contribution in [0.4, 0.5) is 18.9 Å². The zero-order chi connectivity index (χ0) is 17.3. The van der Waals surface area contributed by atoms with Gasteiger partial charge in [-0.25, -0.2) is 8.42 Å². The lowest BCUT2D eigenvalue weighted by molar-refractivity contribution is -0.137. The van der Waals surface area contributed by atoms with Crippen LogP contribution in [0.3, 0.4) is 0 Å². The molecule has 0 heterocycles. The molecule has 23 heavy (non-hydrogen) atoms. The normalized spacial score (nSPS) is 12.0. The molecule has 1 N–H and O–H groups in total. The largest absolute Gasteiger partial charge is 0.497 e. The first-order valence-corrected chi connectivity index (χ1v) is 8.45. The molecule has 9 heteroatoms. The van der Waals surface area contributed by atoms with Crippen molar-refractivity contribution in [2.75, 3.05) is 11.8 Å². The minimum absolute atomic E-state index is 0.0948. The molecule has 2 rings (SSSR count). The summed E-state index contributed by atoms with van der Waals surface area (Å²) in [7, 11) is -2.59. The van der Waals surface area contributed by atoms with Gasteiger partial charge in [-0.2, -0.15) is 13.2 Å². The van der Waals surface area contributed by atoms with Gasteiger partial charge in [0.2, 0.25) is 0 Å². The average Bonchev–Trinajstić information content (AvgIpc) is 2.48. The molecule has 0 atom stereocenters. The SMILES string of the molecule is COc1ccc(S(=O)(=O)Nc2cc(C(F)(F)F)ccc2Br)cc1. The Morgan fingerprint density at radius 2 is 1.70 bits per heavy atom. The minimum Gasteiger partial charge on any atom is -0.497 e. The second-order valence-electron chi connectivity index (χ2n) is 4.47. The standard InChI is InChI=1S/C14H11BrF3NO3S/c1-22-10-3-5-11(6-4-10)23(20,21)19-13-8-9(14(16,17)18)2-7-12(13)15/h2-8,19H,1H3. The van der Waals surface area contributed by atoms with Gasteiger partial charge in [0, 0.05) is 4.47 Å². The first kappa shape index (κ1) is 17.6. The van der Waals surface area contributed by atoms with Crippen LogP contribution in [0.5, 0.6) is 5.75 Å². The van der Waals surface area contributed by atoms with E-state index in [0.717, 1.165) is 18.2 Å². The van der Waals surface area contributed by atoms with Gasteiger partial charge in [-0.3, -0.25) is 4.72 Å². The van der Waals surface area contributed by atoms with Crippen LogP contribution >= 0.6 is 15.9 Å². The summed E-state index contributed by atoms with van der Waals surface area (Å²) < 4.78 is 70.0. The highest BCUT2D eigenvalue weighted by molar-refractivity contribution is 9.10. The van der Waals surface area contributed by atoms with E-state index in [1.165, 1.54) is 31.4 Å². The highest BCUT2D eigenvalue weighted by atomic mass is 79.9. The summed E-state index contributed by atoms with van der Waals surface area (Å²) in [5, 5.41) is 0. The van der Waals surface area contributed by atoms with Gasteiger partial charge in [-0.15, -0.1) is 0 Å². The maximum absolute atomic E-state index is 12.7. The van der Waals surface area contributed by atoms with E-state index < -0.39 is 21.8 Å². The molecule has 2 aromatic rings. The summed E-state index contributed by atoms with van der Waals surface area (Å²) in [5.41, 5.74) is -1.15. The summed E-state index contributed by atoms with van der Waals surface area (Å²) in [4.78, 5) is -0.0948. The van der Waals surface area contributed by atoms with Crippen LogP contribution in [0.1, 0.15) is 5.56 Å². The molecule has 0 aliphatic carbocycles. The van der Waals surface area contributed by atoms with Gasteiger partial charge in [-0.05, 0) is 58.4 Å². The summed E-state index contributed by atoms with van der Waals surface area (Å²) in [6, 6.07) is 8.19. The monoisotopic (exact) mass is 409 g/mol. The van der Waals surface area contributed by atoms with E-state index in [4.69, 9.17) is 4.74 Å². The first-order valence-electron chi connectivity index (χ1n) is 6.17. The molecule has 0 fully saturated rings. The predicted octanol–water partition coefficient (Wildman–Crippen LogP) is 4.28. The number of sulfonamides is 1. The molecular formula is C14H11BrF3NO3S. The number of methoxy groups -OCH3 is 1. The van der Waals surface area contributed by atoms with Crippen LogP contribution in [0.25, 0.3) is 0 Å². The van der Waals surface area contributed by atoms with Gasteiger partial charge >= 0.3 is 6.18 Å². The van der Waals surface area contributed by atoms with Crippen molar-refractivity contribution in [1.29, 1.82) is 0 Å². The molecule has 0 aliphatic heterocycles. The van der Waals surface area contributed by atoms with Gasteiger partial charge in [0.25, 0.3) is 10.0 Å². The van der Waals surface area contributed by atoms with E-state index >= 15 is 0 Å². The highest BCUT2D eigenvalue weighted by Gasteiger charge is 2.31. The van der Waals surface area contributed by atoms with Crippen molar-refractivity contribution in [3.8, 4) is 5.75 Å². The Morgan fingerprint density at radius 1 is 1.09 bits per heavy atom. The Hall–Kier alpha value is -1.74. The second-order valence-corrected chi connectivity index (χ2v) is 7.01. The van der Waals surface area contributed by atoms with Crippen molar-refractivity contribution in [2.24, 2.45) is 0 Å². The Balaban J connectivity index is 2.36. The highest BCUT2D eigenvalue weighted by Crippen LogP contribution is 2.34. The van der Waals surface area contributed by atoms with Crippen LogP contribution in [-0.4, -0.2) is 15.5 Å². The molecular weight excluding hydrogens is 399 g/mol. The van der Waals surface area contributed by atoms with Crippen molar-refractivity contribution in [3.05, 3.63) is 52.5 Å². The van der Waals surface area contributed by atoms with E-state index in [-0.39, 0.29) is 15.1 Å². The van der Waals surface area contributed by atoms with Gasteiger partial charge in [0.1, 0.15) is 5.75 Å². The Labute approximate surface area is 139 Å². The van der Waals surface area contributed by atoms with E-state index in [9.17, 15) is 21.6 Å². The summed E-state index contributed by atoms with van der Waals surface area (Å²) in [5.74, 6) is 0.462. The fourth-order valence-corrected chi connectivity index (χ4v) is 3.29. The molecule has 4 nitrogen and oxygen atoms in total. The molecule has 0 amide bonds. The van der Waals surface area contributed by atoms with E-state index in [2.05, 4.69) is 20.7 Å². The lowest BCUT2D eigenvalue weighted by Gasteiger charge is -2.13. The molecule has 0 saturated heterocycles. The van der Waals surface area contributed by atoms with Gasteiger partial charge in [0.05, 0.1) is 23.3 Å². The number of benzene rings is 2. The molecule has 0 aromatic heterocycles. The van der Waals surface area contributed by atoms with Crippen LogP contribution < -0.4 is 9.46 Å². The fraction of sp³-hybridized carbons (Fsp3) is 0.143. The quantitative estimate of drug-likeness (QED) is 0.819. The minimum atomic E-state index is -4.57. The molecule has 2 aromatic carbocycles. The van der Waals surface area contributed by atoms with Gasteiger partial charge in [-0.1, -0.05) is 0 Å². The number of anilines is 1. The number of alkyl halides is 3.